The van der Waals surface area contributed by atoms with Crippen molar-refractivity contribution in [3.05, 3.63) is 24.7 Å². The largest absolute Gasteiger partial charge is 0.462 e. The lowest BCUT2D eigenvalue weighted by molar-refractivity contribution is -0.114. The van der Waals surface area contributed by atoms with Crippen LogP contribution in [0, 0.1) is 0 Å². The lowest BCUT2D eigenvalue weighted by atomic mass is 10.2. The summed E-state index contributed by atoms with van der Waals surface area (Å²) in [6.07, 6.45) is 4.28. The van der Waals surface area contributed by atoms with E-state index in [1.165, 1.54) is 6.08 Å². The van der Waals surface area contributed by atoms with Crippen LogP contribution in [0.1, 0.15) is 12.8 Å². The van der Waals surface area contributed by atoms with Gasteiger partial charge in [0, 0.05) is 6.42 Å². The number of hydrogen-bond donors (Lipinski definition) is 0. The van der Waals surface area contributed by atoms with Crippen LogP contribution in [0.25, 0.3) is 0 Å². The highest BCUT2D eigenvalue weighted by atomic mass is 16.7. The van der Waals surface area contributed by atoms with Crippen LogP contribution in [0.2, 0.25) is 0 Å². The quantitative estimate of drug-likeness (QED) is 0.470. The Morgan fingerprint density at radius 2 is 2.17 bits per heavy atom. The molecule has 3 nitrogen and oxygen atoms in total. The minimum absolute atomic E-state index is 0.0202. The SMILES string of the molecule is C=CCCC(=O)C=C1OCCO1. The predicted molar refractivity (Wildman–Crippen MR) is 44.4 cm³/mol. The Labute approximate surface area is 71.7 Å². The molecule has 1 rings (SSSR count). The van der Waals surface area contributed by atoms with Gasteiger partial charge < -0.3 is 9.47 Å². The highest BCUT2D eigenvalue weighted by Gasteiger charge is 2.09. The minimum atomic E-state index is 0.0202. The van der Waals surface area contributed by atoms with Gasteiger partial charge in [-0.15, -0.1) is 6.58 Å². The highest BCUT2D eigenvalue weighted by Crippen LogP contribution is 2.08. The third kappa shape index (κ3) is 2.78. The van der Waals surface area contributed by atoms with Crippen LogP contribution in [-0.4, -0.2) is 19.0 Å². The summed E-state index contributed by atoms with van der Waals surface area (Å²) in [7, 11) is 0. The summed E-state index contributed by atoms with van der Waals surface area (Å²) in [5.41, 5.74) is 0. The van der Waals surface area contributed by atoms with E-state index in [4.69, 9.17) is 9.47 Å². The van der Waals surface area contributed by atoms with Gasteiger partial charge in [0.1, 0.15) is 13.2 Å². The van der Waals surface area contributed by atoms with E-state index in [0.29, 0.717) is 32.0 Å². The Kier molecular flexibility index (Phi) is 3.38. The molecule has 1 aliphatic heterocycles. The van der Waals surface area contributed by atoms with Gasteiger partial charge in [0.2, 0.25) is 0 Å². The molecule has 0 unspecified atom stereocenters. The van der Waals surface area contributed by atoms with E-state index in [-0.39, 0.29) is 5.78 Å². The van der Waals surface area contributed by atoms with Gasteiger partial charge in [0.15, 0.2) is 5.78 Å². The van der Waals surface area contributed by atoms with E-state index < -0.39 is 0 Å². The molecule has 12 heavy (non-hydrogen) atoms. The fourth-order valence-corrected chi connectivity index (χ4v) is 0.857. The number of carbonyl (C=O) groups is 1. The molecule has 0 aromatic rings. The molecule has 66 valence electrons. The van der Waals surface area contributed by atoms with Crippen LogP contribution < -0.4 is 0 Å². The monoisotopic (exact) mass is 168 g/mol. The van der Waals surface area contributed by atoms with Crippen molar-refractivity contribution in [2.24, 2.45) is 0 Å². The van der Waals surface area contributed by atoms with Crippen LogP contribution in [0.15, 0.2) is 24.7 Å². The number of allylic oxidation sites excluding steroid dienone is 2. The predicted octanol–water partition coefficient (Wildman–Crippen LogP) is 1.41. The molecule has 0 bridgehead atoms. The molecule has 0 aromatic heterocycles. The van der Waals surface area contributed by atoms with E-state index >= 15 is 0 Å². The number of ketones is 1. The van der Waals surface area contributed by atoms with Crippen LogP contribution in [0.4, 0.5) is 0 Å². The Hall–Kier alpha value is -1.25. The summed E-state index contributed by atoms with van der Waals surface area (Å²) < 4.78 is 9.99. The van der Waals surface area contributed by atoms with Gasteiger partial charge in [-0.25, -0.2) is 0 Å². The standard InChI is InChI=1S/C9H12O3/c1-2-3-4-8(10)7-9-11-5-6-12-9/h2,7H,1,3-6H2. The maximum atomic E-state index is 11.1. The van der Waals surface area contributed by atoms with Crippen molar-refractivity contribution in [2.75, 3.05) is 13.2 Å². The Morgan fingerprint density at radius 1 is 1.50 bits per heavy atom. The first-order valence-electron chi connectivity index (χ1n) is 3.94. The Morgan fingerprint density at radius 3 is 2.75 bits per heavy atom. The summed E-state index contributed by atoms with van der Waals surface area (Å²) in [5, 5.41) is 0. The van der Waals surface area contributed by atoms with Gasteiger partial charge in [-0.05, 0) is 6.42 Å². The van der Waals surface area contributed by atoms with Crippen molar-refractivity contribution in [1.82, 2.24) is 0 Å². The average Bonchev–Trinajstić information content (AvgIpc) is 2.53. The van der Waals surface area contributed by atoms with E-state index in [1.54, 1.807) is 6.08 Å². The first-order valence-corrected chi connectivity index (χ1v) is 3.94. The topological polar surface area (TPSA) is 35.5 Å². The normalized spacial score (nSPS) is 14.8. The third-order valence-electron chi connectivity index (χ3n) is 1.45. The maximum Gasteiger partial charge on any atom is 0.282 e. The second-order valence-corrected chi connectivity index (χ2v) is 2.45. The first-order chi connectivity index (χ1) is 5.83. The Balaban J connectivity index is 2.32. The number of ether oxygens (including phenoxy) is 2. The minimum Gasteiger partial charge on any atom is -0.462 e. The number of hydrogen-bond acceptors (Lipinski definition) is 3. The molecule has 0 amide bonds. The smallest absolute Gasteiger partial charge is 0.282 e. The van der Waals surface area contributed by atoms with Crippen LogP contribution in [0.5, 0.6) is 0 Å². The van der Waals surface area contributed by atoms with E-state index in [9.17, 15) is 4.79 Å². The van der Waals surface area contributed by atoms with Crippen molar-refractivity contribution < 1.29 is 14.3 Å². The van der Waals surface area contributed by atoms with Crippen molar-refractivity contribution in [2.45, 2.75) is 12.8 Å². The molecule has 1 aliphatic rings. The summed E-state index contributed by atoms with van der Waals surface area (Å²) in [6.45, 7) is 4.61. The van der Waals surface area contributed by atoms with E-state index in [0.717, 1.165) is 0 Å². The fraction of sp³-hybridized carbons (Fsp3) is 0.444. The first kappa shape index (κ1) is 8.84. The van der Waals surface area contributed by atoms with E-state index in [2.05, 4.69) is 6.58 Å². The molecule has 0 saturated carbocycles. The molecule has 0 N–H and O–H groups in total. The Bertz CT molecular complexity index is 198. The molecular formula is C9H12O3. The molecule has 0 aromatic carbocycles. The molecule has 1 saturated heterocycles. The van der Waals surface area contributed by atoms with Crippen LogP contribution in [0.3, 0.4) is 0 Å². The van der Waals surface area contributed by atoms with Crippen molar-refractivity contribution in [1.29, 1.82) is 0 Å². The van der Waals surface area contributed by atoms with Crippen molar-refractivity contribution >= 4 is 5.78 Å². The molecule has 1 fully saturated rings. The van der Waals surface area contributed by atoms with Gasteiger partial charge >= 0.3 is 0 Å². The van der Waals surface area contributed by atoms with Crippen molar-refractivity contribution in [3.8, 4) is 0 Å². The molecule has 0 spiro atoms. The number of carbonyl (C=O) groups excluding carboxylic acids is 1. The molecule has 3 heteroatoms. The second-order valence-electron chi connectivity index (χ2n) is 2.45. The van der Waals surface area contributed by atoms with Gasteiger partial charge in [0.05, 0.1) is 6.08 Å². The molecule has 0 aliphatic carbocycles. The van der Waals surface area contributed by atoms with Crippen molar-refractivity contribution in [3.63, 3.8) is 0 Å². The molecule has 0 atom stereocenters. The lowest BCUT2D eigenvalue weighted by Crippen LogP contribution is -1.94. The average molecular weight is 168 g/mol. The fourth-order valence-electron chi connectivity index (χ4n) is 0.857. The van der Waals surface area contributed by atoms with Crippen LogP contribution >= 0.6 is 0 Å². The molecule has 1 heterocycles. The molecule has 0 radical (unpaired) electrons. The number of rotatable bonds is 4. The summed E-state index contributed by atoms with van der Waals surface area (Å²) in [4.78, 5) is 11.1. The zero-order valence-electron chi connectivity index (χ0n) is 6.91. The van der Waals surface area contributed by atoms with Gasteiger partial charge in [0.25, 0.3) is 5.95 Å². The molecular weight excluding hydrogens is 156 g/mol. The second kappa shape index (κ2) is 4.59. The lowest BCUT2D eigenvalue weighted by Gasteiger charge is -1.95. The zero-order valence-corrected chi connectivity index (χ0v) is 6.91. The summed E-state index contributed by atoms with van der Waals surface area (Å²) in [6, 6.07) is 0. The van der Waals surface area contributed by atoms with Gasteiger partial charge in [-0.1, -0.05) is 6.08 Å². The summed E-state index contributed by atoms with van der Waals surface area (Å²) in [5.74, 6) is 0.371. The summed E-state index contributed by atoms with van der Waals surface area (Å²) >= 11 is 0. The highest BCUT2D eigenvalue weighted by molar-refractivity contribution is 5.89. The van der Waals surface area contributed by atoms with Gasteiger partial charge in [-0.2, -0.15) is 0 Å². The van der Waals surface area contributed by atoms with E-state index in [1.807, 2.05) is 0 Å². The van der Waals surface area contributed by atoms with Gasteiger partial charge in [-0.3, -0.25) is 4.79 Å². The maximum absolute atomic E-state index is 11.1. The zero-order chi connectivity index (χ0) is 8.81. The van der Waals surface area contributed by atoms with Crippen LogP contribution in [-0.2, 0) is 14.3 Å². The third-order valence-corrected chi connectivity index (χ3v) is 1.45.